The van der Waals surface area contributed by atoms with E-state index in [0.717, 1.165) is 38.9 Å². The summed E-state index contributed by atoms with van der Waals surface area (Å²) in [5, 5.41) is 14.1. The number of hydrogen-bond acceptors (Lipinski definition) is 6. The summed E-state index contributed by atoms with van der Waals surface area (Å²) in [7, 11) is 0. The molecular formula is C12H14N6S2. The van der Waals surface area contributed by atoms with Crippen molar-refractivity contribution in [1.82, 2.24) is 29.4 Å². The van der Waals surface area contributed by atoms with Crippen LogP contribution in [0.15, 0.2) is 15.7 Å². The smallest absolute Gasteiger partial charge is 0.213 e. The number of hydrogen-bond donors (Lipinski definition) is 0. The highest BCUT2D eigenvalue weighted by atomic mass is 32.2. The van der Waals surface area contributed by atoms with Gasteiger partial charge in [0.1, 0.15) is 5.82 Å². The van der Waals surface area contributed by atoms with Crippen LogP contribution in [0.25, 0.3) is 4.96 Å². The van der Waals surface area contributed by atoms with Crippen molar-refractivity contribution in [1.29, 1.82) is 0 Å². The summed E-state index contributed by atoms with van der Waals surface area (Å²) in [5.74, 6) is 1.11. The average molecular weight is 306 g/mol. The van der Waals surface area contributed by atoms with Gasteiger partial charge in [-0.25, -0.2) is 9.50 Å². The monoisotopic (exact) mass is 306 g/mol. The summed E-state index contributed by atoms with van der Waals surface area (Å²) < 4.78 is 5.04. The minimum Gasteiger partial charge on any atom is -0.306 e. The van der Waals surface area contributed by atoms with Crippen molar-refractivity contribution in [3.05, 3.63) is 17.7 Å². The Bertz CT molecular complexity index is 724. The molecule has 0 spiro atoms. The van der Waals surface area contributed by atoms with Gasteiger partial charge in [-0.3, -0.25) is 0 Å². The third kappa shape index (κ3) is 2.12. The van der Waals surface area contributed by atoms with Gasteiger partial charge in [0.15, 0.2) is 9.50 Å². The van der Waals surface area contributed by atoms with Gasteiger partial charge in [0.25, 0.3) is 0 Å². The third-order valence-corrected chi connectivity index (χ3v) is 5.36. The van der Waals surface area contributed by atoms with E-state index in [1.54, 1.807) is 23.1 Å². The lowest BCUT2D eigenvalue weighted by Crippen LogP contribution is -2.02. The predicted octanol–water partition coefficient (Wildman–Crippen LogP) is 2.57. The molecule has 0 N–H and O–H groups in total. The molecule has 1 aliphatic rings. The number of nitrogens with zero attached hydrogens (tertiary/aromatic N) is 6. The molecule has 0 aliphatic carbocycles. The third-order valence-electron chi connectivity index (χ3n) is 3.40. The Morgan fingerprint density at radius 3 is 3.10 bits per heavy atom. The second-order valence-electron chi connectivity index (χ2n) is 4.94. The molecule has 20 heavy (non-hydrogen) atoms. The second kappa shape index (κ2) is 4.85. The van der Waals surface area contributed by atoms with Crippen LogP contribution in [0, 0.1) is 6.92 Å². The molecule has 0 saturated carbocycles. The Balaban J connectivity index is 1.64. The first-order chi connectivity index (χ1) is 9.79. The molecule has 6 nitrogen and oxygen atoms in total. The standard InChI is InChI=1S/C12H14N6S2/c1-8-7-18-10(13-8)19-12(16-18)20-11-15-14-9-5-3-2-4-6-17(9)11/h7H,2-6H2,1H3. The normalized spacial score (nSPS) is 15.4. The molecule has 3 aromatic heterocycles. The van der Waals surface area contributed by atoms with E-state index in [4.69, 9.17) is 0 Å². The number of aryl methyl sites for hydroxylation is 2. The van der Waals surface area contributed by atoms with Crippen molar-refractivity contribution >= 4 is 28.1 Å². The first kappa shape index (κ1) is 12.3. The number of imidazole rings is 1. The summed E-state index contributed by atoms with van der Waals surface area (Å²) in [5.41, 5.74) is 0.997. The molecule has 0 radical (unpaired) electrons. The molecule has 0 saturated heterocycles. The van der Waals surface area contributed by atoms with Gasteiger partial charge in [-0.1, -0.05) is 17.8 Å². The molecule has 1 aliphatic heterocycles. The quantitative estimate of drug-likeness (QED) is 0.728. The van der Waals surface area contributed by atoms with Crippen LogP contribution >= 0.6 is 23.1 Å². The van der Waals surface area contributed by atoms with Crippen LogP contribution in [0.2, 0.25) is 0 Å². The van der Waals surface area contributed by atoms with E-state index >= 15 is 0 Å². The number of aromatic nitrogens is 6. The van der Waals surface area contributed by atoms with Gasteiger partial charge in [0.2, 0.25) is 4.96 Å². The summed E-state index contributed by atoms with van der Waals surface area (Å²) in [6.07, 6.45) is 6.68. The van der Waals surface area contributed by atoms with Crippen molar-refractivity contribution in [2.45, 2.75) is 48.6 Å². The van der Waals surface area contributed by atoms with Gasteiger partial charge in [-0.05, 0) is 31.5 Å². The molecule has 0 unspecified atom stereocenters. The fraction of sp³-hybridized carbons (Fsp3) is 0.500. The van der Waals surface area contributed by atoms with Gasteiger partial charge in [0.05, 0.1) is 11.9 Å². The van der Waals surface area contributed by atoms with Crippen LogP contribution < -0.4 is 0 Å². The van der Waals surface area contributed by atoms with Crippen LogP contribution in [-0.2, 0) is 13.0 Å². The highest BCUT2D eigenvalue weighted by Gasteiger charge is 2.17. The Hall–Kier alpha value is -1.41. The van der Waals surface area contributed by atoms with E-state index < -0.39 is 0 Å². The van der Waals surface area contributed by atoms with Crippen LogP contribution in [0.4, 0.5) is 0 Å². The second-order valence-corrected chi connectivity index (χ2v) is 7.11. The van der Waals surface area contributed by atoms with Gasteiger partial charge in [-0.15, -0.1) is 15.3 Å². The van der Waals surface area contributed by atoms with Crippen LogP contribution in [0.3, 0.4) is 0 Å². The van der Waals surface area contributed by atoms with Gasteiger partial charge in [0, 0.05) is 13.0 Å². The Morgan fingerprint density at radius 1 is 1.25 bits per heavy atom. The highest BCUT2D eigenvalue weighted by Crippen LogP contribution is 2.31. The highest BCUT2D eigenvalue weighted by molar-refractivity contribution is 8.01. The summed E-state index contributed by atoms with van der Waals surface area (Å²) >= 11 is 3.19. The van der Waals surface area contributed by atoms with Crippen molar-refractivity contribution in [2.75, 3.05) is 0 Å². The van der Waals surface area contributed by atoms with Gasteiger partial charge < -0.3 is 4.57 Å². The Labute approximate surface area is 124 Å². The van der Waals surface area contributed by atoms with Gasteiger partial charge in [-0.2, -0.15) is 0 Å². The lowest BCUT2D eigenvalue weighted by atomic mass is 10.2. The lowest BCUT2D eigenvalue weighted by Gasteiger charge is -2.04. The zero-order valence-corrected chi connectivity index (χ0v) is 12.7. The van der Waals surface area contributed by atoms with E-state index in [1.807, 2.05) is 17.6 Å². The maximum atomic E-state index is 4.54. The van der Waals surface area contributed by atoms with Crippen LogP contribution in [0.1, 0.15) is 30.8 Å². The van der Waals surface area contributed by atoms with E-state index in [2.05, 4.69) is 24.8 Å². The molecule has 4 heterocycles. The number of rotatable bonds is 2. The first-order valence-corrected chi connectivity index (χ1v) is 8.35. The zero-order chi connectivity index (χ0) is 13.5. The topological polar surface area (TPSA) is 60.9 Å². The Morgan fingerprint density at radius 2 is 2.20 bits per heavy atom. The molecule has 8 heteroatoms. The maximum absolute atomic E-state index is 4.54. The van der Waals surface area contributed by atoms with E-state index in [0.29, 0.717) is 0 Å². The summed E-state index contributed by atoms with van der Waals surface area (Å²) in [4.78, 5) is 5.36. The Kier molecular flexibility index (Phi) is 2.99. The lowest BCUT2D eigenvalue weighted by molar-refractivity contribution is 0.591. The average Bonchev–Trinajstić information content (AvgIpc) is 2.99. The van der Waals surface area contributed by atoms with Crippen LogP contribution in [-0.4, -0.2) is 29.4 Å². The molecule has 0 fully saturated rings. The molecule has 0 atom stereocenters. The van der Waals surface area contributed by atoms with E-state index in [1.165, 1.54) is 19.3 Å². The summed E-state index contributed by atoms with van der Waals surface area (Å²) in [6, 6.07) is 0. The van der Waals surface area contributed by atoms with Crippen LogP contribution in [0.5, 0.6) is 0 Å². The fourth-order valence-electron chi connectivity index (χ4n) is 2.44. The molecule has 3 aromatic rings. The first-order valence-electron chi connectivity index (χ1n) is 6.72. The fourth-order valence-corrected chi connectivity index (χ4v) is 4.39. The van der Waals surface area contributed by atoms with Crippen molar-refractivity contribution in [2.24, 2.45) is 0 Å². The SMILES string of the molecule is Cc1cn2nc(Sc3nnc4n3CCCCC4)sc2n1. The molecule has 4 rings (SSSR count). The minimum atomic E-state index is 0.931. The zero-order valence-electron chi connectivity index (χ0n) is 11.1. The van der Waals surface area contributed by atoms with Crippen molar-refractivity contribution in [3.8, 4) is 0 Å². The maximum Gasteiger partial charge on any atom is 0.213 e. The molecule has 0 amide bonds. The number of fused-ring (bicyclic) bond motifs is 2. The van der Waals surface area contributed by atoms with E-state index in [-0.39, 0.29) is 0 Å². The van der Waals surface area contributed by atoms with E-state index in [9.17, 15) is 0 Å². The molecular weight excluding hydrogens is 292 g/mol. The molecule has 0 bridgehead atoms. The molecule has 104 valence electrons. The van der Waals surface area contributed by atoms with Crippen molar-refractivity contribution < 1.29 is 0 Å². The minimum absolute atomic E-state index is 0.931. The summed E-state index contributed by atoms with van der Waals surface area (Å²) in [6.45, 7) is 3.00. The largest absolute Gasteiger partial charge is 0.306 e. The van der Waals surface area contributed by atoms with Gasteiger partial charge >= 0.3 is 0 Å². The van der Waals surface area contributed by atoms with Crippen molar-refractivity contribution in [3.63, 3.8) is 0 Å². The predicted molar refractivity (Wildman–Crippen MR) is 77.3 cm³/mol. The molecule has 0 aromatic carbocycles.